The smallest absolute Gasteiger partial charge is 0.239 e. The minimum atomic E-state index is -0.815. The molecule has 0 aliphatic heterocycles. The Kier molecular flexibility index (Phi) is 8.62. The van der Waals surface area contributed by atoms with Crippen molar-refractivity contribution in [2.24, 2.45) is 5.73 Å². The Labute approximate surface area is 131 Å². The average Bonchev–Trinajstić information content (AvgIpc) is 2.34. The quantitative estimate of drug-likeness (QED) is 0.759. The van der Waals surface area contributed by atoms with Crippen molar-refractivity contribution >= 4 is 29.9 Å². The van der Waals surface area contributed by atoms with Gasteiger partial charge in [0.2, 0.25) is 5.91 Å². The zero-order chi connectivity index (χ0) is 14.3. The van der Waals surface area contributed by atoms with E-state index in [0.717, 1.165) is 6.42 Å². The van der Waals surface area contributed by atoms with Crippen molar-refractivity contribution < 1.29 is 9.53 Å². The van der Waals surface area contributed by atoms with Crippen molar-refractivity contribution in [1.82, 2.24) is 5.32 Å². The first kappa shape index (κ1) is 19.0. The highest BCUT2D eigenvalue weighted by molar-refractivity contribution is 6.30. The van der Waals surface area contributed by atoms with E-state index in [0.29, 0.717) is 30.3 Å². The van der Waals surface area contributed by atoms with E-state index in [9.17, 15) is 4.79 Å². The summed E-state index contributed by atoms with van der Waals surface area (Å²) in [6.07, 6.45) is 1.54. The highest BCUT2D eigenvalue weighted by atomic mass is 35.5. The van der Waals surface area contributed by atoms with Crippen LogP contribution < -0.4 is 15.8 Å². The van der Waals surface area contributed by atoms with Crippen LogP contribution in [0, 0.1) is 0 Å². The largest absolute Gasteiger partial charge is 0.492 e. The number of carbonyl (C=O) groups excluding carboxylic acids is 1. The predicted molar refractivity (Wildman–Crippen MR) is 84.7 cm³/mol. The van der Waals surface area contributed by atoms with Gasteiger partial charge in [0.1, 0.15) is 12.4 Å². The van der Waals surface area contributed by atoms with Crippen LogP contribution in [0.5, 0.6) is 5.75 Å². The Hall–Kier alpha value is -0.970. The molecule has 0 fully saturated rings. The first-order valence-corrected chi connectivity index (χ1v) is 6.79. The van der Waals surface area contributed by atoms with Crippen molar-refractivity contribution in [2.45, 2.75) is 32.2 Å². The fraction of sp³-hybridized carbons (Fsp3) is 0.500. The minimum absolute atomic E-state index is 0. The first-order chi connectivity index (χ1) is 8.95. The molecular weight excluding hydrogens is 299 g/mol. The summed E-state index contributed by atoms with van der Waals surface area (Å²) in [7, 11) is 0. The van der Waals surface area contributed by atoms with Gasteiger partial charge in [0.25, 0.3) is 0 Å². The number of benzene rings is 1. The molecule has 0 aromatic heterocycles. The number of amides is 1. The van der Waals surface area contributed by atoms with E-state index in [4.69, 9.17) is 22.1 Å². The molecule has 3 N–H and O–H groups in total. The van der Waals surface area contributed by atoms with Crippen molar-refractivity contribution in [3.8, 4) is 5.75 Å². The average molecular weight is 321 g/mol. The van der Waals surface area contributed by atoms with Crippen LogP contribution in [-0.2, 0) is 4.79 Å². The lowest BCUT2D eigenvalue weighted by Gasteiger charge is -2.22. The summed E-state index contributed by atoms with van der Waals surface area (Å²) < 4.78 is 5.47. The van der Waals surface area contributed by atoms with Gasteiger partial charge in [-0.15, -0.1) is 12.4 Å². The van der Waals surface area contributed by atoms with E-state index >= 15 is 0 Å². The Morgan fingerprint density at radius 3 is 2.80 bits per heavy atom. The van der Waals surface area contributed by atoms with Gasteiger partial charge in [-0.3, -0.25) is 4.79 Å². The second-order valence-corrected chi connectivity index (χ2v) is 5.17. The van der Waals surface area contributed by atoms with Gasteiger partial charge in [-0.05, 0) is 31.5 Å². The molecule has 0 saturated carbocycles. The summed E-state index contributed by atoms with van der Waals surface area (Å²) in [6, 6.07) is 7.14. The molecule has 20 heavy (non-hydrogen) atoms. The fourth-order valence-corrected chi connectivity index (χ4v) is 1.91. The van der Waals surface area contributed by atoms with Crippen LogP contribution >= 0.6 is 24.0 Å². The molecule has 114 valence electrons. The predicted octanol–water partition coefficient (Wildman–Crippen LogP) is 2.77. The summed E-state index contributed by atoms with van der Waals surface area (Å²) in [5, 5.41) is 3.39. The summed E-state index contributed by atoms with van der Waals surface area (Å²) in [5.41, 5.74) is 5.10. The molecule has 1 aromatic carbocycles. The molecule has 0 radical (unpaired) electrons. The minimum Gasteiger partial charge on any atom is -0.492 e. The van der Waals surface area contributed by atoms with Gasteiger partial charge in [0.15, 0.2) is 0 Å². The number of nitrogens with one attached hydrogen (secondary N) is 1. The van der Waals surface area contributed by atoms with Crippen LogP contribution in [0.4, 0.5) is 0 Å². The summed E-state index contributed by atoms with van der Waals surface area (Å²) in [5.74, 6) is 0.537. The molecule has 1 rings (SSSR count). The highest BCUT2D eigenvalue weighted by Gasteiger charge is 2.26. The summed E-state index contributed by atoms with van der Waals surface area (Å²) >= 11 is 5.84. The van der Waals surface area contributed by atoms with E-state index in [1.807, 2.05) is 19.1 Å². The van der Waals surface area contributed by atoms with Crippen molar-refractivity contribution in [3.63, 3.8) is 0 Å². The molecule has 6 heteroatoms. The van der Waals surface area contributed by atoms with Crippen molar-refractivity contribution in [3.05, 3.63) is 29.3 Å². The summed E-state index contributed by atoms with van der Waals surface area (Å²) in [4.78, 5) is 11.8. The maximum atomic E-state index is 11.8. The van der Waals surface area contributed by atoms with Crippen LogP contribution in [-0.4, -0.2) is 24.6 Å². The summed E-state index contributed by atoms with van der Waals surface area (Å²) in [6.45, 7) is 4.54. The Balaban J connectivity index is 0.00000361. The highest BCUT2D eigenvalue weighted by Crippen LogP contribution is 2.16. The lowest BCUT2D eigenvalue weighted by atomic mass is 9.97. The third-order valence-electron chi connectivity index (χ3n) is 2.74. The number of hydrogen-bond donors (Lipinski definition) is 2. The molecule has 4 nitrogen and oxygen atoms in total. The van der Waals surface area contributed by atoms with E-state index < -0.39 is 5.54 Å². The number of rotatable bonds is 7. The fourth-order valence-electron chi connectivity index (χ4n) is 1.73. The van der Waals surface area contributed by atoms with Gasteiger partial charge in [-0.2, -0.15) is 0 Å². The molecule has 0 spiro atoms. The second kappa shape index (κ2) is 9.06. The van der Waals surface area contributed by atoms with E-state index in [2.05, 4.69) is 5.32 Å². The molecule has 1 aromatic rings. The van der Waals surface area contributed by atoms with Crippen molar-refractivity contribution in [1.29, 1.82) is 0 Å². The molecule has 1 atom stereocenters. The zero-order valence-corrected chi connectivity index (χ0v) is 13.4. The van der Waals surface area contributed by atoms with Gasteiger partial charge < -0.3 is 15.8 Å². The lowest BCUT2D eigenvalue weighted by molar-refractivity contribution is -0.126. The lowest BCUT2D eigenvalue weighted by Crippen LogP contribution is -2.52. The van der Waals surface area contributed by atoms with Crippen LogP contribution in [0.1, 0.15) is 26.7 Å². The Bertz CT molecular complexity index is 425. The Morgan fingerprint density at radius 1 is 1.50 bits per heavy atom. The zero-order valence-electron chi connectivity index (χ0n) is 11.8. The third kappa shape index (κ3) is 6.46. The molecule has 0 aliphatic carbocycles. The van der Waals surface area contributed by atoms with Gasteiger partial charge in [0, 0.05) is 5.02 Å². The SMILES string of the molecule is CCCC(C)(N)C(=O)NCCOc1cccc(Cl)c1.Cl. The topological polar surface area (TPSA) is 64.4 Å². The van der Waals surface area contributed by atoms with Crippen LogP contribution in [0.15, 0.2) is 24.3 Å². The van der Waals surface area contributed by atoms with Crippen LogP contribution in [0.2, 0.25) is 5.02 Å². The number of carbonyl (C=O) groups is 1. The number of hydrogen-bond acceptors (Lipinski definition) is 3. The molecular formula is C14H22Cl2N2O2. The van der Waals surface area contributed by atoms with Gasteiger partial charge >= 0.3 is 0 Å². The number of nitrogens with two attached hydrogens (primary N) is 1. The normalized spacial score (nSPS) is 13.0. The monoisotopic (exact) mass is 320 g/mol. The van der Waals surface area contributed by atoms with Crippen LogP contribution in [0.3, 0.4) is 0 Å². The maximum absolute atomic E-state index is 11.8. The van der Waals surface area contributed by atoms with Crippen LogP contribution in [0.25, 0.3) is 0 Å². The number of ether oxygens (including phenoxy) is 1. The van der Waals surface area contributed by atoms with Crippen molar-refractivity contribution in [2.75, 3.05) is 13.2 Å². The van der Waals surface area contributed by atoms with Gasteiger partial charge in [-0.1, -0.05) is 31.0 Å². The van der Waals surface area contributed by atoms with E-state index in [1.54, 1.807) is 19.1 Å². The Morgan fingerprint density at radius 2 is 2.20 bits per heavy atom. The maximum Gasteiger partial charge on any atom is 0.239 e. The molecule has 0 aliphatic rings. The molecule has 0 saturated heterocycles. The molecule has 0 bridgehead atoms. The first-order valence-electron chi connectivity index (χ1n) is 6.41. The van der Waals surface area contributed by atoms with Gasteiger partial charge in [-0.25, -0.2) is 0 Å². The molecule has 0 heterocycles. The third-order valence-corrected chi connectivity index (χ3v) is 2.98. The standard InChI is InChI=1S/C14H21ClN2O2.ClH/c1-3-7-14(2,16)13(18)17-8-9-19-12-6-4-5-11(15)10-12;/h4-6,10H,3,7-9,16H2,1-2H3,(H,17,18);1H. The van der Waals surface area contributed by atoms with E-state index in [1.165, 1.54) is 0 Å². The molecule has 1 amide bonds. The number of halogens is 2. The molecule has 1 unspecified atom stereocenters. The van der Waals surface area contributed by atoms with Gasteiger partial charge in [0.05, 0.1) is 12.1 Å². The second-order valence-electron chi connectivity index (χ2n) is 4.73. The van der Waals surface area contributed by atoms with E-state index in [-0.39, 0.29) is 18.3 Å².